The average molecular weight is 878 g/mol. The molecule has 69 heavy (non-hydrogen) atoms. The molecule has 0 saturated carbocycles. The summed E-state index contributed by atoms with van der Waals surface area (Å²) in [7, 11) is 0. The number of rotatable bonds is 5. The lowest BCUT2D eigenvalue weighted by atomic mass is 9.70. The second-order valence-corrected chi connectivity index (χ2v) is 18.3. The fourth-order valence-corrected chi connectivity index (χ4v) is 11.9. The number of para-hydroxylation sites is 3. The summed E-state index contributed by atoms with van der Waals surface area (Å²) >= 11 is 0. The molecule has 320 valence electrons. The standard InChI is InChI=1S/C64H39N5/c1-2-17-40(18-3-1)41-33-35-42(36-34-41)61-65-62(67-63(66-61)69-58-31-14-7-24-48(58)49-25-8-15-32-59(49)69)43-19-16-20-44(37-43)68-57-30-13-9-26-50(57)52-38-56-51(39-60(52)68)47-23-6-12-29-55(47)64(56)53-27-10-4-21-45(53)46-22-5-11-28-54(46)64/h1-39H. The third-order valence-corrected chi connectivity index (χ3v) is 14.8. The van der Waals surface area contributed by atoms with E-state index in [0.29, 0.717) is 17.6 Å². The number of nitrogens with zero attached hydrogens (tertiary/aromatic N) is 5. The summed E-state index contributed by atoms with van der Waals surface area (Å²) in [5.41, 5.74) is 19.6. The molecule has 1 spiro atoms. The van der Waals surface area contributed by atoms with Crippen molar-refractivity contribution in [2.24, 2.45) is 0 Å². The van der Waals surface area contributed by atoms with Gasteiger partial charge in [0, 0.05) is 38.4 Å². The highest BCUT2D eigenvalue weighted by Crippen LogP contribution is 2.63. The van der Waals surface area contributed by atoms with E-state index in [1.807, 2.05) is 6.07 Å². The highest BCUT2D eigenvalue weighted by atomic mass is 15.2. The summed E-state index contributed by atoms with van der Waals surface area (Å²) in [5, 5.41) is 4.73. The predicted octanol–water partition coefficient (Wildman–Crippen LogP) is 15.4. The average Bonchev–Trinajstić information content (AvgIpc) is 4.12. The van der Waals surface area contributed by atoms with Crippen LogP contribution in [-0.2, 0) is 5.41 Å². The zero-order valence-corrected chi connectivity index (χ0v) is 37.3. The third-order valence-electron chi connectivity index (χ3n) is 14.8. The summed E-state index contributed by atoms with van der Waals surface area (Å²) in [6.45, 7) is 0. The quantitative estimate of drug-likeness (QED) is 0.173. The van der Waals surface area contributed by atoms with Crippen LogP contribution in [0.25, 0.3) is 111 Å². The van der Waals surface area contributed by atoms with Crippen LogP contribution in [0, 0.1) is 0 Å². The van der Waals surface area contributed by atoms with Gasteiger partial charge in [-0.1, -0.05) is 194 Å². The molecule has 0 N–H and O–H groups in total. The second kappa shape index (κ2) is 14.4. The van der Waals surface area contributed by atoms with E-state index in [2.05, 4.69) is 240 Å². The van der Waals surface area contributed by atoms with Crippen molar-refractivity contribution in [1.29, 1.82) is 0 Å². The van der Waals surface area contributed by atoms with Crippen molar-refractivity contribution in [2.45, 2.75) is 5.41 Å². The molecule has 3 aromatic heterocycles. The molecular weight excluding hydrogens is 839 g/mol. The summed E-state index contributed by atoms with van der Waals surface area (Å²) in [5.74, 6) is 1.78. The Kier molecular flexibility index (Phi) is 7.93. The summed E-state index contributed by atoms with van der Waals surface area (Å²) in [6, 6.07) is 85.6. The number of aromatic nitrogens is 5. The molecule has 2 aliphatic rings. The van der Waals surface area contributed by atoms with Crippen LogP contribution in [0.3, 0.4) is 0 Å². The molecule has 0 unspecified atom stereocenters. The lowest BCUT2D eigenvalue weighted by molar-refractivity contribution is 0.795. The van der Waals surface area contributed by atoms with Gasteiger partial charge in [-0.2, -0.15) is 9.97 Å². The van der Waals surface area contributed by atoms with Gasteiger partial charge in [0.25, 0.3) is 0 Å². The smallest absolute Gasteiger partial charge is 0.238 e. The first kappa shape index (κ1) is 38.0. The Bertz CT molecular complexity index is 4160. The molecule has 0 bridgehead atoms. The SMILES string of the molecule is c1ccc(-c2ccc(-c3nc(-c4cccc(-n5c6ccccc6c6cc7c(cc65)-c5ccccc5C75c6ccccc6-c6ccccc65)c4)nc(-n4c5ccccc5c5ccccc54)n3)cc2)cc1. The minimum absolute atomic E-state index is 0.428. The van der Waals surface area contributed by atoms with E-state index in [1.54, 1.807) is 0 Å². The highest BCUT2D eigenvalue weighted by Gasteiger charge is 2.51. The first-order valence-electron chi connectivity index (χ1n) is 23.6. The van der Waals surface area contributed by atoms with E-state index >= 15 is 0 Å². The van der Waals surface area contributed by atoms with Gasteiger partial charge < -0.3 is 4.57 Å². The maximum atomic E-state index is 5.37. The van der Waals surface area contributed by atoms with Crippen LogP contribution in [0.4, 0.5) is 0 Å². The molecule has 0 fully saturated rings. The maximum Gasteiger partial charge on any atom is 0.238 e. The molecule has 0 radical (unpaired) electrons. The van der Waals surface area contributed by atoms with Gasteiger partial charge >= 0.3 is 0 Å². The molecule has 0 saturated heterocycles. The Labute approximate surface area is 397 Å². The van der Waals surface area contributed by atoms with E-state index in [4.69, 9.17) is 15.0 Å². The Morgan fingerprint density at radius 1 is 0.275 bits per heavy atom. The van der Waals surface area contributed by atoms with Crippen LogP contribution in [0.2, 0.25) is 0 Å². The van der Waals surface area contributed by atoms with Crippen LogP contribution in [0.1, 0.15) is 22.3 Å². The Hall–Kier alpha value is -9.19. The molecule has 15 rings (SSSR count). The fourth-order valence-electron chi connectivity index (χ4n) is 11.9. The van der Waals surface area contributed by atoms with Crippen molar-refractivity contribution in [3.8, 4) is 67.8 Å². The maximum absolute atomic E-state index is 5.37. The second-order valence-electron chi connectivity index (χ2n) is 18.3. The Morgan fingerprint density at radius 2 is 0.739 bits per heavy atom. The molecule has 0 amide bonds. The summed E-state index contributed by atoms with van der Waals surface area (Å²) in [4.78, 5) is 15.9. The minimum Gasteiger partial charge on any atom is -0.309 e. The van der Waals surface area contributed by atoms with Gasteiger partial charge in [-0.05, 0) is 98.1 Å². The van der Waals surface area contributed by atoms with Crippen molar-refractivity contribution in [3.05, 3.63) is 259 Å². The third kappa shape index (κ3) is 5.32. The van der Waals surface area contributed by atoms with Crippen molar-refractivity contribution in [2.75, 3.05) is 0 Å². The number of fused-ring (bicyclic) bond motifs is 16. The van der Waals surface area contributed by atoms with E-state index < -0.39 is 5.41 Å². The summed E-state index contributed by atoms with van der Waals surface area (Å²) < 4.78 is 4.61. The fraction of sp³-hybridized carbons (Fsp3) is 0.0156. The van der Waals surface area contributed by atoms with E-state index in [-0.39, 0.29) is 0 Å². The molecule has 13 aromatic rings. The van der Waals surface area contributed by atoms with Gasteiger partial charge in [0.15, 0.2) is 11.6 Å². The van der Waals surface area contributed by atoms with E-state index in [1.165, 1.54) is 55.3 Å². The van der Waals surface area contributed by atoms with Crippen LogP contribution in [0.5, 0.6) is 0 Å². The first-order chi connectivity index (χ1) is 34.2. The predicted molar refractivity (Wildman–Crippen MR) is 281 cm³/mol. The zero-order chi connectivity index (χ0) is 45.2. The molecule has 5 nitrogen and oxygen atoms in total. The Morgan fingerprint density at radius 3 is 1.36 bits per heavy atom. The van der Waals surface area contributed by atoms with Crippen LogP contribution in [0.15, 0.2) is 237 Å². The van der Waals surface area contributed by atoms with Crippen molar-refractivity contribution >= 4 is 43.6 Å². The number of benzene rings is 10. The highest BCUT2D eigenvalue weighted by molar-refractivity contribution is 6.13. The largest absolute Gasteiger partial charge is 0.309 e. The van der Waals surface area contributed by atoms with Gasteiger partial charge in [-0.15, -0.1) is 0 Å². The van der Waals surface area contributed by atoms with Gasteiger partial charge in [0.2, 0.25) is 5.95 Å². The molecule has 10 aromatic carbocycles. The topological polar surface area (TPSA) is 48.5 Å². The lowest BCUT2D eigenvalue weighted by Gasteiger charge is -2.30. The van der Waals surface area contributed by atoms with E-state index in [9.17, 15) is 0 Å². The molecule has 0 atom stereocenters. The Balaban J connectivity index is 0.945. The zero-order valence-electron chi connectivity index (χ0n) is 37.3. The molecule has 5 heteroatoms. The van der Waals surface area contributed by atoms with Gasteiger partial charge in [0.05, 0.1) is 27.5 Å². The first-order valence-corrected chi connectivity index (χ1v) is 23.6. The number of hydrogen-bond donors (Lipinski definition) is 0. The van der Waals surface area contributed by atoms with Crippen molar-refractivity contribution in [3.63, 3.8) is 0 Å². The summed E-state index contributed by atoms with van der Waals surface area (Å²) in [6.07, 6.45) is 0. The lowest BCUT2D eigenvalue weighted by Crippen LogP contribution is -2.25. The number of hydrogen-bond acceptors (Lipinski definition) is 3. The van der Waals surface area contributed by atoms with Crippen molar-refractivity contribution in [1.82, 2.24) is 24.1 Å². The molecular formula is C64H39N5. The van der Waals surface area contributed by atoms with Gasteiger partial charge in [-0.3, -0.25) is 4.57 Å². The minimum atomic E-state index is -0.428. The van der Waals surface area contributed by atoms with Gasteiger partial charge in [-0.25, -0.2) is 4.98 Å². The van der Waals surface area contributed by atoms with E-state index in [0.717, 1.165) is 60.8 Å². The van der Waals surface area contributed by atoms with Crippen LogP contribution < -0.4 is 0 Å². The van der Waals surface area contributed by atoms with Crippen LogP contribution >= 0.6 is 0 Å². The molecule has 3 heterocycles. The monoisotopic (exact) mass is 877 g/mol. The van der Waals surface area contributed by atoms with Gasteiger partial charge in [0.1, 0.15) is 0 Å². The normalized spacial score (nSPS) is 13.0. The molecule has 0 aliphatic heterocycles. The van der Waals surface area contributed by atoms with Crippen LogP contribution in [-0.4, -0.2) is 24.1 Å². The van der Waals surface area contributed by atoms with Crippen molar-refractivity contribution < 1.29 is 0 Å². The molecule has 2 aliphatic carbocycles.